The highest BCUT2D eigenvalue weighted by Gasteiger charge is 2.15. The van der Waals surface area contributed by atoms with E-state index in [-0.39, 0.29) is 5.91 Å². The van der Waals surface area contributed by atoms with Crippen LogP contribution in [0.2, 0.25) is 0 Å². The lowest BCUT2D eigenvalue weighted by molar-refractivity contribution is -0.111. The zero-order valence-electron chi connectivity index (χ0n) is 12.4. The van der Waals surface area contributed by atoms with Crippen molar-refractivity contribution in [2.75, 3.05) is 10.6 Å². The number of hydrogen-bond donors (Lipinski definition) is 3. The van der Waals surface area contributed by atoms with Crippen LogP contribution >= 0.6 is 11.3 Å². The summed E-state index contributed by atoms with van der Waals surface area (Å²) in [7, 11) is 0. The van der Waals surface area contributed by atoms with Gasteiger partial charge in [-0.2, -0.15) is 0 Å². The number of hydrogen-bond acceptors (Lipinski definition) is 6. The molecule has 0 aliphatic rings. The predicted octanol–water partition coefficient (Wildman–Crippen LogP) is 2.66. The summed E-state index contributed by atoms with van der Waals surface area (Å²) >= 11 is 1.32. The maximum absolute atomic E-state index is 11.5. The van der Waals surface area contributed by atoms with Gasteiger partial charge in [-0.1, -0.05) is 18.7 Å². The number of amides is 2. The molecule has 0 atom stereocenters. The summed E-state index contributed by atoms with van der Waals surface area (Å²) in [6, 6.07) is 7.18. The third-order valence-electron chi connectivity index (χ3n) is 3.24. The van der Waals surface area contributed by atoms with Gasteiger partial charge in [0.1, 0.15) is 6.33 Å². The number of benzene rings is 1. The molecule has 8 heteroatoms. The maximum Gasteiger partial charge on any atom is 0.251 e. The first kappa shape index (κ1) is 15.6. The zero-order chi connectivity index (χ0) is 17.1. The summed E-state index contributed by atoms with van der Waals surface area (Å²) in [6.45, 7) is 3.44. The van der Waals surface area contributed by atoms with Gasteiger partial charge in [-0.15, -0.1) is 11.3 Å². The average molecular weight is 339 g/mol. The third-order valence-corrected chi connectivity index (χ3v) is 4.22. The molecule has 2 aromatic heterocycles. The molecule has 7 nitrogen and oxygen atoms in total. The minimum Gasteiger partial charge on any atom is -0.366 e. The molecule has 0 fully saturated rings. The number of nitrogens with zero attached hydrogens (tertiary/aromatic N) is 2. The molecular formula is C16H13N5O2S. The molecule has 0 unspecified atom stereocenters. The number of thiophene rings is 1. The topological polar surface area (TPSA) is 110 Å². The van der Waals surface area contributed by atoms with Gasteiger partial charge in [0, 0.05) is 5.38 Å². The number of primary amides is 1. The van der Waals surface area contributed by atoms with Crippen LogP contribution in [0.1, 0.15) is 10.4 Å². The number of nitrogens with two attached hydrogens (primary N) is 1. The second-order valence-corrected chi connectivity index (χ2v) is 5.66. The summed E-state index contributed by atoms with van der Waals surface area (Å²) in [4.78, 5) is 31.3. The molecule has 0 saturated carbocycles. The van der Waals surface area contributed by atoms with E-state index in [1.807, 2.05) is 6.07 Å². The van der Waals surface area contributed by atoms with E-state index in [4.69, 9.17) is 5.73 Å². The first-order chi connectivity index (χ1) is 11.6. The minimum atomic E-state index is -0.537. The summed E-state index contributed by atoms with van der Waals surface area (Å²) in [6.07, 6.45) is 2.55. The lowest BCUT2D eigenvalue weighted by Crippen LogP contribution is -2.10. The highest BCUT2D eigenvalue weighted by atomic mass is 32.1. The molecule has 24 heavy (non-hydrogen) atoms. The lowest BCUT2D eigenvalue weighted by Gasteiger charge is -2.12. The van der Waals surface area contributed by atoms with Crippen molar-refractivity contribution >= 4 is 50.6 Å². The number of carbonyl (C=O) groups is 2. The second-order valence-electron chi connectivity index (χ2n) is 4.78. The van der Waals surface area contributed by atoms with Crippen molar-refractivity contribution in [1.82, 2.24) is 9.97 Å². The van der Waals surface area contributed by atoms with Crippen LogP contribution in [0.3, 0.4) is 0 Å². The van der Waals surface area contributed by atoms with Crippen LogP contribution in [0.5, 0.6) is 0 Å². The fraction of sp³-hybridized carbons (Fsp3) is 0. The molecule has 3 aromatic rings. The number of anilines is 3. The van der Waals surface area contributed by atoms with Crippen molar-refractivity contribution in [2.24, 2.45) is 5.73 Å². The van der Waals surface area contributed by atoms with Crippen LogP contribution in [-0.4, -0.2) is 21.8 Å². The smallest absolute Gasteiger partial charge is 0.251 e. The largest absolute Gasteiger partial charge is 0.366 e. The Morgan fingerprint density at radius 1 is 1.21 bits per heavy atom. The van der Waals surface area contributed by atoms with Crippen molar-refractivity contribution in [3.63, 3.8) is 0 Å². The molecule has 1 aromatic carbocycles. The summed E-state index contributed by atoms with van der Waals surface area (Å²) in [5, 5.41) is 7.52. The first-order valence-electron chi connectivity index (χ1n) is 6.91. The van der Waals surface area contributed by atoms with E-state index in [0.29, 0.717) is 33.0 Å². The highest BCUT2D eigenvalue weighted by Crippen LogP contribution is 2.32. The fourth-order valence-electron chi connectivity index (χ4n) is 2.13. The molecule has 0 saturated heterocycles. The molecule has 2 heterocycles. The van der Waals surface area contributed by atoms with Crippen LogP contribution in [0.15, 0.2) is 48.6 Å². The summed E-state index contributed by atoms with van der Waals surface area (Å²) < 4.78 is 0.705. The van der Waals surface area contributed by atoms with E-state index >= 15 is 0 Å². The Morgan fingerprint density at radius 3 is 2.67 bits per heavy atom. The quantitative estimate of drug-likeness (QED) is 0.619. The second kappa shape index (κ2) is 6.47. The van der Waals surface area contributed by atoms with Gasteiger partial charge in [0.2, 0.25) is 5.91 Å². The number of rotatable bonds is 5. The fourth-order valence-corrected chi connectivity index (χ4v) is 3.08. The summed E-state index contributed by atoms with van der Waals surface area (Å²) in [5.74, 6) is -0.327. The van der Waals surface area contributed by atoms with Gasteiger partial charge < -0.3 is 16.4 Å². The molecule has 0 aliphatic heterocycles. The Hall–Kier alpha value is -3.26. The van der Waals surface area contributed by atoms with Crippen LogP contribution < -0.4 is 16.4 Å². The molecule has 0 aliphatic carbocycles. The Bertz CT molecular complexity index is 951. The van der Waals surface area contributed by atoms with Gasteiger partial charge >= 0.3 is 0 Å². The monoisotopic (exact) mass is 339 g/mol. The molecule has 120 valence electrons. The molecule has 4 N–H and O–H groups in total. The van der Waals surface area contributed by atoms with E-state index in [1.165, 1.54) is 23.7 Å². The molecule has 0 bridgehead atoms. The van der Waals surface area contributed by atoms with E-state index in [9.17, 15) is 9.59 Å². The lowest BCUT2D eigenvalue weighted by atomic mass is 10.2. The Labute approximate surface area is 141 Å². The number of nitrogens with one attached hydrogen (secondary N) is 2. The van der Waals surface area contributed by atoms with Crippen molar-refractivity contribution in [3.8, 4) is 0 Å². The average Bonchev–Trinajstić information content (AvgIpc) is 3.02. The van der Waals surface area contributed by atoms with Gasteiger partial charge in [-0.3, -0.25) is 9.59 Å². The Morgan fingerprint density at radius 2 is 1.96 bits per heavy atom. The third kappa shape index (κ3) is 2.95. The Balaban J connectivity index is 2.01. The molecular weight excluding hydrogens is 326 g/mol. The SMILES string of the molecule is C=CC(=O)Nc1ccccc1Nc1ncnc2c(C(N)=O)csc12. The zero-order valence-corrected chi connectivity index (χ0v) is 13.3. The summed E-state index contributed by atoms with van der Waals surface area (Å²) in [5.41, 5.74) is 7.44. The van der Waals surface area contributed by atoms with Gasteiger partial charge in [-0.05, 0) is 18.2 Å². The van der Waals surface area contributed by atoms with Crippen molar-refractivity contribution in [1.29, 1.82) is 0 Å². The van der Waals surface area contributed by atoms with E-state index < -0.39 is 5.91 Å². The molecule has 0 radical (unpaired) electrons. The standard InChI is InChI=1S/C16H13N5O2S/c1-2-12(22)20-10-5-3-4-6-11(10)21-16-14-13(18-8-19-16)9(7-24-14)15(17)23/h2-8H,1H2,(H2,17,23)(H,20,22)(H,18,19,21). The molecule has 0 spiro atoms. The van der Waals surface area contributed by atoms with E-state index in [2.05, 4.69) is 27.2 Å². The highest BCUT2D eigenvalue weighted by molar-refractivity contribution is 7.18. The van der Waals surface area contributed by atoms with Gasteiger partial charge in [0.15, 0.2) is 5.82 Å². The van der Waals surface area contributed by atoms with Gasteiger partial charge in [0.05, 0.1) is 27.2 Å². The number of fused-ring (bicyclic) bond motifs is 1. The van der Waals surface area contributed by atoms with Crippen molar-refractivity contribution in [2.45, 2.75) is 0 Å². The van der Waals surface area contributed by atoms with Crippen molar-refractivity contribution in [3.05, 3.63) is 54.2 Å². The van der Waals surface area contributed by atoms with Crippen LogP contribution in [0.25, 0.3) is 10.2 Å². The minimum absolute atomic E-state index is 0.316. The number of carbonyl (C=O) groups excluding carboxylic acids is 2. The van der Waals surface area contributed by atoms with E-state index in [0.717, 1.165) is 0 Å². The normalized spacial score (nSPS) is 10.3. The number of para-hydroxylation sites is 2. The van der Waals surface area contributed by atoms with Crippen LogP contribution in [0, 0.1) is 0 Å². The van der Waals surface area contributed by atoms with Crippen LogP contribution in [0.4, 0.5) is 17.2 Å². The molecule has 3 rings (SSSR count). The van der Waals surface area contributed by atoms with Crippen molar-refractivity contribution < 1.29 is 9.59 Å². The van der Waals surface area contributed by atoms with Crippen LogP contribution in [-0.2, 0) is 4.79 Å². The predicted molar refractivity (Wildman–Crippen MR) is 94.5 cm³/mol. The van der Waals surface area contributed by atoms with E-state index in [1.54, 1.807) is 23.6 Å². The molecule has 2 amide bonds. The van der Waals surface area contributed by atoms with Gasteiger partial charge in [0.25, 0.3) is 5.91 Å². The first-order valence-corrected chi connectivity index (χ1v) is 7.79. The maximum atomic E-state index is 11.5. The Kier molecular flexibility index (Phi) is 4.21. The number of aromatic nitrogens is 2. The van der Waals surface area contributed by atoms with Gasteiger partial charge in [-0.25, -0.2) is 9.97 Å².